The first-order valence-electron chi connectivity index (χ1n) is 8.80. The smallest absolute Gasteiger partial charge is 0.405 e. The lowest BCUT2D eigenvalue weighted by Gasteiger charge is -2.35. The van der Waals surface area contributed by atoms with Gasteiger partial charge in [0.05, 0.1) is 6.61 Å². The second kappa shape index (κ2) is 10.7. The number of halogens is 4. The maximum Gasteiger partial charge on any atom is 0.405 e. The van der Waals surface area contributed by atoms with Crippen molar-refractivity contribution in [2.75, 3.05) is 39.3 Å². The third-order valence-corrected chi connectivity index (χ3v) is 4.13. The number of rotatable bonds is 7. The second-order valence-electron chi connectivity index (χ2n) is 6.78. The first kappa shape index (κ1) is 23.5. The lowest BCUT2D eigenvalue weighted by Crippen LogP contribution is -2.57. The van der Waals surface area contributed by atoms with Crippen molar-refractivity contribution in [3.63, 3.8) is 0 Å². The Kier molecular flexibility index (Phi) is 9.35. The van der Waals surface area contributed by atoms with Gasteiger partial charge in [0.25, 0.3) is 5.91 Å². The summed E-state index contributed by atoms with van der Waals surface area (Å²) in [5, 5.41) is 5.44. The lowest BCUT2D eigenvalue weighted by atomic mass is 10.1. The Morgan fingerprint density at radius 2 is 1.81 bits per heavy atom. The van der Waals surface area contributed by atoms with Crippen LogP contribution in [0.15, 0.2) is 24.3 Å². The van der Waals surface area contributed by atoms with Crippen LogP contribution in [0.2, 0.25) is 0 Å². The fourth-order valence-corrected chi connectivity index (χ4v) is 2.70. The number of hydrogen-bond donors (Lipinski definition) is 2. The third kappa shape index (κ3) is 7.56. The highest BCUT2D eigenvalue weighted by Crippen LogP contribution is 2.25. The summed E-state index contributed by atoms with van der Waals surface area (Å²) in [6, 6.07) is 4.72. The maximum atomic E-state index is 13.3. The van der Waals surface area contributed by atoms with E-state index in [9.17, 15) is 18.0 Å². The SMILES string of the molecule is CC(C)COc1ccc(C(=O)NCC(N2CCNCC2)C(F)(F)F)cc1.Cl. The van der Waals surface area contributed by atoms with E-state index in [1.807, 2.05) is 13.8 Å². The molecule has 1 saturated heterocycles. The molecule has 0 saturated carbocycles. The molecule has 1 heterocycles. The van der Waals surface area contributed by atoms with Gasteiger partial charge in [0.15, 0.2) is 0 Å². The largest absolute Gasteiger partial charge is 0.493 e. The van der Waals surface area contributed by atoms with Crippen LogP contribution in [0, 0.1) is 5.92 Å². The van der Waals surface area contributed by atoms with Gasteiger partial charge in [-0.15, -0.1) is 12.4 Å². The molecule has 1 fully saturated rings. The second-order valence-corrected chi connectivity index (χ2v) is 6.78. The van der Waals surface area contributed by atoms with Crippen molar-refractivity contribution >= 4 is 18.3 Å². The van der Waals surface area contributed by atoms with Crippen molar-refractivity contribution in [1.29, 1.82) is 0 Å². The number of ether oxygens (including phenoxy) is 1. The standard InChI is InChI=1S/C18H26F3N3O2.ClH/c1-13(2)12-26-15-5-3-14(4-6-15)17(25)23-11-16(18(19,20)21)24-9-7-22-8-10-24;/h3-6,13,16,22H,7-12H2,1-2H3,(H,23,25);1H. The number of benzene rings is 1. The number of hydrogen-bond acceptors (Lipinski definition) is 4. The molecule has 2 N–H and O–H groups in total. The predicted octanol–water partition coefficient (Wildman–Crippen LogP) is 2.71. The van der Waals surface area contributed by atoms with E-state index in [0.717, 1.165) is 0 Å². The predicted molar refractivity (Wildman–Crippen MR) is 101 cm³/mol. The van der Waals surface area contributed by atoms with Gasteiger partial charge >= 0.3 is 6.18 Å². The Bertz CT molecular complexity index is 576. The molecule has 0 aromatic heterocycles. The fourth-order valence-electron chi connectivity index (χ4n) is 2.70. The molecule has 1 aromatic rings. The minimum atomic E-state index is -4.39. The molecule has 154 valence electrons. The number of carbonyl (C=O) groups excluding carboxylic acids is 1. The summed E-state index contributed by atoms with van der Waals surface area (Å²) in [6.45, 7) is 5.78. The first-order valence-corrected chi connectivity index (χ1v) is 8.80. The van der Waals surface area contributed by atoms with Gasteiger partial charge in [0.1, 0.15) is 11.8 Å². The van der Waals surface area contributed by atoms with Crippen molar-refractivity contribution < 1.29 is 22.7 Å². The average Bonchev–Trinajstić information content (AvgIpc) is 2.60. The molecular formula is C18H27ClF3N3O2. The summed E-state index contributed by atoms with van der Waals surface area (Å²) < 4.78 is 45.5. The lowest BCUT2D eigenvalue weighted by molar-refractivity contribution is -0.183. The molecule has 0 radical (unpaired) electrons. The van der Waals surface area contributed by atoms with Crippen LogP contribution in [-0.4, -0.2) is 62.4 Å². The number of alkyl halides is 3. The molecule has 1 unspecified atom stereocenters. The van der Waals surface area contributed by atoms with Gasteiger partial charge < -0.3 is 15.4 Å². The van der Waals surface area contributed by atoms with Crippen LogP contribution in [-0.2, 0) is 0 Å². The molecule has 27 heavy (non-hydrogen) atoms. The maximum absolute atomic E-state index is 13.3. The van der Waals surface area contributed by atoms with E-state index in [1.165, 1.54) is 4.90 Å². The molecule has 1 atom stereocenters. The number of nitrogens with one attached hydrogen (secondary N) is 2. The first-order chi connectivity index (χ1) is 12.3. The van der Waals surface area contributed by atoms with Crippen molar-refractivity contribution in [3.8, 4) is 5.75 Å². The van der Waals surface area contributed by atoms with Gasteiger partial charge in [-0.25, -0.2) is 0 Å². The van der Waals surface area contributed by atoms with Crippen LogP contribution in [0.1, 0.15) is 24.2 Å². The molecule has 1 aliphatic heterocycles. The van der Waals surface area contributed by atoms with Crippen molar-refractivity contribution in [2.45, 2.75) is 26.1 Å². The zero-order chi connectivity index (χ0) is 19.2. The molecule has 0 spiro atoms. The molecular weight excluding hydrogens is 383 g/mol. The van der Waals surface area contributed by atoms with E-state index in [-0.39, 0.29) is 12.4 Å². The van der Waals surface area contributed by atoms with Crippen LogP contribution in [0.25, 0.3) is 0 Å². The number of piperazine rings is 1. The Hall–Kier alpha value is -1.51. The van der Waals surface area contributed by atoms with Gasteiger partial charge in [-0.1, -0.05) is 13.8 Å². The highest BCUT2D eigenvalue weighted by molar-refractivity contribution is 5.94. The topological polar surface area (TPSA) is 53.6 Å². The Morgan fingerprint density at radius 3 is 2.33 bits per heavy atom. The van der Waals surface area contributed by atoms with E-state index < -0.39 is 24.7 Å². The number of carbonyl (C=O) groups is 1. The Labute approximate surface area is 164 Å². The third-order valence-electron chi connectivity index (χ3n) is 4.13. The molecule has 1 aliphatic rings. The number of nitrogens with zero attached hydrogens (tertiary/aromatic N) is 1. The van der Waals surface area contributed by atoms with Crippen molar-refractivity contribution in [2.24, 2.45) is 5.92 Å². The molecule has 1 aromatic carbocycles. The van der Waals surface area contributed by atoms with Crippen LogP contribution >= 0.6 is 12.4 Å². The minimum Gasteiger partial charge on any atom is -0.493 e. The fraction of sp³-hybridized carbons (Fsp3) is 0.611. The van der Waals surface area contributed by atoms with Gasteiger partial charge in [-0.2, -0.15) is 13.2 Å². The summed E-state index contributed by atoms with van der Waals surface area (Å²) >= 11 is 0. The van der Waals surface area contributed by atoms with Gasteiger partial charge in [0.2, 0.25) is 0 Å². The van der Waals surface area contributed by atoms with Crippen molar-refractivity contribution in [1.82, 2.24) is 15.5 Å². The summed E-state index contributed by atoms with van der Waals surface area (Å²) in [5.74, 6) is 0.483. The monoisotopic (exact) mass is 409 g/mol. The summed E-state index contributed by atoms with van der Waals surface area (Å²) in [4.78, 5) is 13.5. The summed E-state index contributed by atoms with van der Waals surface area (Å²) in [6.07, 6.45) is -4.39. The van der Waals surface area contributed by atoms with Crippen LogP contribution < -0.4 is 15.4 Å². The van der Waals surface area contributed by atoms with Crippen LogP contribution in [0.3, 0.4) is 0 Å². The van der Waals surface area contributed by atoms with Gasteiger partial charge in [-0.05, 0) is 30.2 Å². The normalized spacial score (nSPS) is 16.5. The molecule has 2 rings (SSSR count). The molecule has 1 amide bonds. The van der Waals surface area contributed by atoms with Gasteiger partial charge in [-0.3, -0.25) is 9.69 Å². The number of amides is 1. The summed E-state index contributed by atoms with van der Waals surface area (Å²) in [5.41, 5.74) is 0.308. The zero-order valence-electron chi connectivity index (χ0n) is 15.5. The zero-order valence-corrected chi connectivity index (χ0v) is 16.3. The Morgan fingerprint density at radius 1 is 1.22 bits per heavy atom. The Balaban J connectivity index is 0.00000364. The average molecular weight is 410 g/mol. The highest BCUT2D eigenvalue weighted by Gasteiger charge is 2.43. The van der Waals surface area contributed by atoms with E-state index >= 15 is 0 Å². The molecule has 9 heteroatoms. The van der Waals surface area contributed by atoms with Crippen LogP contribution in [0.4, 0.5) is 13.2 Å². The van der Waals surface area contributed by atoms with E-state index in [0.29, 0.717) is 50.0 Å². The summed E-state index contributed by atoms with van der Waals surface area (Å²) in [7, 11) is 0. The molecule has 5 nitrogen and oxygen atoms in total. The van der Waals surface area contributed by atoms with Crippen LogP contribution in [0.5, 0.6) is 5.75 Å². The van der Waals surface area contributed by atoms with Gasteiger partial charge in [0, 0.05) is 38.3 Å². The molecule has 0 bridgehead atoms. The minimum absolute atomic E-state index is 0. The highest BCUT2D eigenvalue weighted by atomic mass is 35.5. The van der Waals surface area contributed by atoms with E-state index in [1.54, 1.807) is 24.3 Å². The molecule has 0 aliphatic carbocycles. The van der Waals surface area contributed by atoms with E-state index in [4.69, 9.17) is 4.74 Å². The van der Waals surface area contributed by atoms with E-state index in [2.05, 4.69) is 10.6 Å². The quantitative estimate of drug-likeness (QED) is 0.727. The van der Waals surface area contributed by atoms with Crippen molar-refractivity contribution in [3.05, 3.63) is 29.8 Å².